The standard InChI is InChI=1S/C18H18ClN5O2S/c1-23(11-13-4-3-5-16(10-13)26-2)17(25)12-27-18-20-21-22-24(18)15-8-6-14(19)7-9-15/h3-10H,11-12H2,1-2H3. The van der Waals surface area contributed by atoms with Crippen LogP contribution in [-0.2, 0) is 11.3 Å². The Morgan fingerprint density at radius 1 is 1.26 bits per heavy atom. The predicted octanol–water partition coefficient (Wildman–Crippen LogP) is 3.08. The third-order valence-corrected chi connectivity index (χ3v) is 4.97. The Kier molecular flexibility index (Phi) is 6.31. The highest BCUT2D eigenvalue weighted by Gasteiger charge is 2.14. The fourth-order valence-corrected chi connectivity index (χ4v) is 3.34. The summed E-state index contributed by atoms with van der Waals surface area (Å²) in [6, 6.07) is 14.8. The number of carbonyl (C=O) groups excluding carboxylic acids is 1. The Balaban J connectivity index is 1.60. The molecule has 0 radical (unpaired) electrons. The van der Waals surface area contributed by atoms with Crippen LogP contribution >= 0.6 is 23.4 Å². The van der Waals surface area contributed by atoms with Crippen LogP contribution in [0.2, 0.25) is 5.02 Å². The van der Waals surface area contributed by atoms with Crippen molar-refractivity contribution in [2.45, 2.75) is 11.7 Å². The summed E-state index contributed by atoms with van der Waals surface area (Å²) in [6.07, 6.45) is 0. The SMILES string of the molecule is COc1cccc(CN(C)C(=O)CSc2nnnn2-c2ccc(Cl)cc2)c1. The number of aromatic nitrogens is 4. The lowest BCUT2D eigenvalue weighted by atomic mass is 10.2. The number of amides is 1. The van der Waals surface area contributed by atoms with Crippen LogP contribution in [0.5, 0.6) is 5.75 Å². The molecule has 0 saturated heterocycles. The quantitative estimate of drug-likeness (QED) is 0.564. The van der Waals surface area contributed by atoms with Crippen LogP contribution in [0.3, 0.4) is 0 Å². The van der Waals surface area contributed by atoms with Gasteiger partial charge in [-0.25, -0.2) is 0 Å². The lowest BCUT2D eigenvalue weighted by molar-refractivity contribution is -0.127. The zero-order valence-electron chi connectivity index (χ0n) is 14.9. The molecule has 9 heteroatoms. The van der Waals surface area contributed by atoms with Gasteiger partial charge in [0.2, 0.25) is 11.1 Å². The first-order valence-corrected chi connectivity index (χ1v) is 9.47. The van der Waals surface area contributed by atoms with Crippen LogP contribution in [0.4, 0.5) is 0 Å². The average Bonchev–Trinajstić information content (AvgIpc) is 3.15. The minimum atomic E-state index is -0.0199. The number of rotatable bonds is 7. The van der Waals surface area contributed by atoms with Gasteiger partial charge in [0.25, 0.3) is 0 Å². The van der Waals surface area contributed by atoms with Gasteiger partial charge in [0.05, 0.1) is 18.6 Å². The summed E-state index contributed by atoms with van der Waals surface area (Å²) in [5, 5.41) is 12.9. The molecule has 0 fully saturated rings. The van der Waals surface area contributed by atoms with E-state index in [2.05, 4.69) is 15.5 Å². The molecule has 1 amide bonds. The van der Waals surface area contributed by atoms with E-state index >= 15 is 0 Å². The fraction of sp³-hybridized carbons (Fsp3) is 0.222. The molecule has 0 aliphatic carbocycles. The van der Waals surface area contributed by atoms with E-state index in [9.17, 15) is 4.79 Å². The molecule has 0 atom stereocenters. The monoisotopic (exact) mass is 403 g/mol. The Hall–Kier alpha value is -2.58. The average molecular weight is 404 g/mol. The molecule has 0 aliphatic heterocycles. The molecule has 0 unspecified atom stereocenters. The van der Waals surface area contributed by atoms with Crippen LogP contribution in [-0.4, -0.2) is 50.9 Å². The molecule has 27 heavy (non-hydrogen) atoms. The number of methoxy groups -OCH3 is 1. The highest BCUT2D eigenvalue weighted by atomic mass is 35.5. The fourth-order valence-electron chi connectivity index (χ4n) is 2.38. The second-order valence-corrected chi connectivity index (χ2v) is 7.12. The number of thioether (sulfide) groups is 1. The van der Waals surface area contributed by atoms with E-state index in [4.69, 9.17) is 16.3 Å². The molecule has 140 valence electrons. The third kappa shape index (κ3) is 4.99. The molecule has 1 heterocycles. The van der Waals surface area contributed by atoms with Gasteiger partial charge < -0.3 is 9.64 Å². The Morgan fingerprint density at radius 3 is 2.78 bits per heavy atom. The van der Waals surface area contributed by atoms with E-state index in [0.29, 0.717) is 16.7 Å². The summed E-state index contributed by atoms with van der Waals surface area (Å²) in [5.41, 5.74) is 1.78. The molecular weight excluding hydrogens is 386 g/mol. The lowest BCUT2D eigenvalue weighted by Crippen LogP contribution is -2.27. The zero-order chi connectivity index (χ0) is 19.2. The zero-order valence-corrected chi connectivity index (χ0v) is 16.4. The predicted molar refractivity (Wildman–Crippen MR) is 104 cm³/mol. The summed E-state index contributed by atoms with van der Waals surface area (Å²) < 4.78 is 6.79. The van der Waals surface area contributed by atoms with Crippen molar-refractivity contribution in [3.8, 4) is 11.4 Å². The van der Waals surface area contributed by atoms with Crippen molar-refractivity contribution in [1.82, 2.24) is 25.1 Å². The number of ether oxygens (including phenoxy) is 1. The first-order valence-electron chi connectivity index (χ1n) is 8.11. The summed E-state index contributed by atoms with van der Waals surface area (Å²) in [6.45, 7) is 0.499. The molecule has 0 N–H and O–H groups in total. The smallest absolute Gasteiger partial charge is 0.233 e. The van der Waals surface area contributed by atoms with Crippen molar-refractivity contribution < 1.29 is 9.53 Å². The first kappa shape index (κ1) is 19.2. The molecule has 7 nitrogen and oxygen atoms in total. The van der Waals surface area contributed by atoms with Crippen LogP contribution in [0.1, 0.15) is 5.56 Å². The number of benzene rings is 2. The molecule has 1 aromatic heterocycles. The Bertz CT molecular complexity index is 916. The highest BCUT2D eigenvalue weighted by molar-refractivity contribution is 7.99. The third-order valence-electron chi connectivity index (χ3n) is 3.82. The number of nitrogens with zero attached hydrogens (tertiary/aromatic N) is 5. The minimum Gasteiger partial charge on any atom is -0.497 e. The first-order chi connectivity index (χ1) is 13.1. The van der Waals surface area contributed by atoms with E-state index in [1.165, 1.54) is 11.8 Å². The van der Waals surface area contributed by atoms with Crippen LogP contribution in [0.25, 0.3) is 5.69 Å². The van der Waals surface area contributed by atoms with Gasteiger partial charge in [0.1, 0.15) is 5.75 Å². The van der Waals surface area contributed by atoms with E-state index in [1.54, 1.807) is 35.9 Å². The molecule has 0 saturated carbocycles. The van der Waals surface area contributed by atoms with Crippen molar-refractivity contribution in [3.63, 3.8) is 0 Å². The topological polar surface area (TPSA) is 73.1 Å². The number of hydrogen-bond donors (Lipinski definition) is 0. The normalized spacial score (nSPS) is 10.6. The van der Waals surface area contributed by atoms with Gasteiger partial charge in [-0.2, -0.15) is 4.68 Å². The molecular formula is C18H18ClN5O2S. The summed E-state index contributed by atoms with van der Waals surface area (Å²) in [5.74, 6) is 0.979. The van der Waals surface area contributed by atoms with Crippen LogP contribution < -0.4 is 4.74 Å². The van der Waals surface area contributed by atoms with Crippen molar-refractivity contribution in [2.75, 3.05) is 19.9 Å². The lowest BCUT2D eigenvalue weighted by Gasteiger charge is -2.17. The van der Waals surface area contributed by atoms with Crippen LogP contribution in [0, 0.1) is 0 Å². The van der Waals surface area contributed by atoms with E-state index in [0.717, 1.165) is 17.0 Å². The molecule has 0 spiro atoms. The van der Waals surface area contributed by atoms with Gasteiger partial charge in [-0.05, 0) is 52.4 Å². The van der Waals surface area contributed by atoms with Gasteiger partial charge in [-0.3, -0.25) is 4.79 Å². The molecule has 0 aliphatic rings. The van der Waals surface area contributed by atoms with Crippen molar-refractivity contribution in [3.05, 3.63) is 59.1 Å². The number of tetrazole rings is 1. The largest absolute Gasteiger partial charge is 0.497 e. The van der Waals surface area contributed by atoms with Gasteiger partial charge in [-0.1, -0.05) is 35.5 Å². The summed E-state index contributed by atoms with van der Waals surface area (Å²) in [4.78, 5) is 14.1. The maximum atomic E-state index is 12.5. The second-order valence-electron chi connectivity index (χ2n) is 5.74. The molecule has 3 rings (SSSR count). The maximum Gasteiger partial charge on any atom is 0.233 e. The summed E-state index contributed by atoms with van der Waals surface area (Å²) in [7, 11) is 3.39. The van der Waals surface area contributed by atoms with Gasteiger partial charge in [0.15, 0.2) is 0 Å². The van der Waals surface area contributed by atoms with Gasteiger partial charge in [-0.15, -0.1) is 5.10 Å². The van der Waals surface area contributed by atoms with E-state index in [-0.39, 0.29) is 11.7 Å². The van der Waals surface area contributed by atoms with Gasteiger partial charge in [0, 0.05) is 18.6 Å². The maximum absolute atomic E-state index is 12.5. The second kappa shape index (κ2) is 8.88. The molecule has 3 aromatic rings. The van der Waals surface area contributed by atoms with Crippen molar-refractivity contribution >= 4 is 29.3 Å². The Labute approximate surface area is 166 Å². The van der Waals surface area contributed by atoms with E-state index < -0.39 is 0 Å². The minimum absolute atomic E-state index is 0.0199. The highest BCUT2D eigenvalue weighted by Crippen LogP contribution is 2.20. The Morgan fingerprint density at radius 2 is 2.04 bits per heavy atom. The molecule has 0 bridgehead atoms. The molecule has 2 aromatic carbocycles. The van der Waals surface area contributed by atoms with E-state index in [1.807, 2.05) is 36.4 Å². The van der Waals surface area contributed by atoms with Crippen LogP contribution in [0.15, 0.2) is 53.7 Å². The van der Waals surface area contributed by atoms with Crippen molar-refractivity contribution in [2.24, 2.45) is 0 Å². The number of halogens is 1. The van der Waals surface area contributed by atoms with Crippen molar-refractivity contribution in [1.29, 1.82) is 0 Å². The van der Waals surface area contributed by atoms with Gasteiger partial charge >= 0.3 is 0 Å². The number of hydrogen-bond acceptors (Lipinski definition) is 6. The summed E-state index contributed by atoms with van der Waals surface area (Å²) >= 11 is 7.20. The number of carbonyl (C=O) groups is 1.